The van der Waals surface area contributed by atoms with E-state index in [1.165, 1.54) is 32.3 Å². The maximum absolute atomic E-state index is 11.8. The zero-order valence-corrected chi connectivity index (χ0v) is 17.9. The van der Waals surface area contributed by atoms with E-state index < -0.39 is 14.0 Å². The summed E-state index contributed by atoms with van der Waals surface area (Å²) in [5.41, 5.74) is 5.98. The molecule has 0 fully saturated rings. The lowest BCUT2D eigenvalue weighted by Crippen LogP contribution is -2.66. The smallest absolute Gasteiger partial charge is 0.330 e. The van der Waals surface area contributed by atoms with Crippen molar-refractivity contribution in [3.63, 3.8) is 0 Å². The highest BCUT2D eigenvalue weighted by Gasteiger charge is 2.38. The summed E-state index contributed by atoms with van der Waals surface area (Å²) in [6, 6.07) is 25.6. The van der Waals surface area contributed by atoms with Gasteiger partial charge in [0.2, 0.25) is 0 Å². The summed E-state index contributed by atoms with van der Waals surface area (Å²) in [5.74, 6) is -0.872. The third-order valence-corrected chi connectivity index (χ3v) is 9.89. The second-order valence-electron chi connectivity index (χ2n) is 7.54. The van der Waals surface area contributed by atoms with Gasteiger partial charge in [-0.15, -0.1) is 0 Å². The van der Waals surface area contributed by atoms with Gasteiger partial charge in [-0.25, -0.2) is 4.79 Å². The van der Waals surface area contributed by atoms with Crippen molar-refractivity contribution in [1.82, 2.24) is 0 Å². The summed E-state index contributed by atoms with van der Waals surface area (Å²) in [4.78, 5) is 11.8. The van der Waals surface area contributed by atoms with Gasteiger partial charge in [0, 0.05) is 5.57 Å². The third-order valence-electron chi connectivity index (χ3n) is 5.29. The number of carboxylic acid groups (broad SMARTS) is 1. The Kier molecular flexibility index (Phi) is 5.66. The quantitative estimate of drug-likeness (QED) is 0.413. The molecule has 0 unspecified atom stereocenters. The first-order chi connectivity index (χ1) is 13.3. The number of carbonyl (C=O) groups is 1. The average Bonchev–Trinajstić information content (AvgIpc) is 2.68. The minimum atomic E-state index is -2.66. The Morgan fingerprint density at radius 2 is 0.964 bits per heavy atom. The summed E-state index contributed by atoms with van der Waals surface area (Å²) in [6.45, 7) is 7.91. The van der Waals surface area contributed by atoms with Crippen LogP contribution in [-0.2, 0) is 4.79 Å². The van der Waals surface area contributed by atoms with Gasteiger partial charge in [-0.2, -0.15) is 0 Å². The minimum Gasteiger partial charge on any atom is -0.478 e. The average molecular weight is 387 g/mol. The molecule has 28 heavy (non-hydrogen) atoms. The summed E-state index contributed by atoms with van der Waals surface area (Å²) >= 11 is 0. The predicted octanol–water partition coefficient (Wildman–Crippen LogP) is 3.65. The second kappa shape index (κ2) is 7.99. The van der Waals surface area contributed by atoms with Gasteiger partial charge in [-0.05, 0) is 43.3 Å². The molecule has 1 N–H and O–H groups in total. The van der Waals surface area contributed by atoms with Gasteiger partial charge in [0.25, 0.3) is 0 Å². The second-order valence-corrected chi connectivity index (χ2v) is 11.2. The summed E-state index contributed by atoms with van der Waals surface area (Å²) < 4.78 is 0. The van der Waals surface area contributed by atoms with Crippen molar-refractivity contribution >= 4 is 29.6 Å². The Morgan fingerprint density at radius 1 is 0.679 bits per heavy atom. The van der Waals surface area contributed by atoms with Crippen LogP contribution in [0.5, 0.6) is 0 Å². The molecule has 0 atom stereocenters. The van der Waals surface area contributed by atoms with Crippen LogP contribution in [0.4, 0.5) is 0 Å². The van der Waals surface area contributed by atoms with Gasteiger partial charge in [0.15, 0.2) is 8.07 Å². The molecule has 0 bridgehead atoms. The highest BCUT2D eigenvalue weighted by Crippen LogP contribution is 2.14. The monoisotopic (exact) mass is 386 g/mol. The van der Waals surface area contributed by atoms with E-state index >= 15 is 0 Å². The van der Waals surface area contributed by atoms with E-state index in [0.29, 0.717) is 5.57 Å². The molecule has 0 aliphatic carbocycles. The van der Waals surface area contributed by atoms with Crippen molar-refractivity contribution in [3.8, 4) is 0 Å². The van der Waals surface area contributed by atoms with Crippen LogP contribution in [0.3, 0.4) is 0 Å². The van der Waals surface area contributed by atoms with Gasteiger partial charge in [-0.1, -0.05) is 95.2 Å². The molecule has 0 amide bonds. The molecule has 3 rings (SSSR count). The Hall–Kier alpha value is -2.91. The molecular formula is C25H26O2Si. The highest BCUT2D eigenvalue weighted by molar-refractivity contribution is 7.15. The van der Waals surface area contributed by atoms with Crippen molar-refractivity contribution < 1.29 is 9.90 Å². The van der Waals surface area contributed by atoms with Gasteiger partial charge in [0.1, 0.15) is 0 Å². The Labute approximate surface area is 168 Å². The topological polar surface area (TPSA) is 37.3 Å². The molecule has 0 aromatic heterocycles. The normalized spacial score (nSPS) is 12.1. The van der Waals surface area contributed by atoms with Crippen molar-refractivity contribution in [2.75, 3.05) is 0 Å². The molecule has 2 nitrogen and oxygen atoms in total. The first-order valence-electron chi connectivity index (χ1n) is 9.47. The van der Waals surface area contributed by atoms with Gasteiger partial charge in [0.05, 0.1) is 0 Å². The van der Waals surface area contributed by atoms with E-state index in [9.17, 15) is 9.90 Å². The molecule has 0 heterocycles. The Balaban J connectivity index is 2.41. The maximum atomic E-state index is 11.8. The minimum absolute atomic E-state index is 0.383. The predicted molar refractivity (Wildman–Crippen MR) is 120 cm³/mol. The summed E-state index contributed by atoms with van der Waals surface area (Å²) in [5, 5.41) is 13.2. The molecule has 3 aromatic rings. The molecule has 0 saturated carbocycles. The van der Waals surface area contributed by atoms with Crippen LogP contribution in [0.2, 0.25) is 0 Å². The molecular weight excluding hydrogens is 360 g/mol. The standard InChI is InChI=1S/C25H26O2Si/c1-18-5-11-22(12-6-18)28(17-21(4)25(26)27,23-13-7-19(2)8-14-23)24-15-9-20(3)10-16-24/h5-17H,1-4H3,(H,26,27). The lowest BCUT2D eigenvalue weighted by molar-refractivity contribution is -0.132. The number of aliphatic carboxylic acids is 1. The van der Waals surface area contributed by atoms with E-state index in [1.54, 1.807) is 6.92 Å². The van der Waals surface area contributed by atoms with E-state index in [-0.39, 0.29) is 0 Å². The highest BCUT2D eigenvalue weighted by atomic mass is 28.3. The molecule has 0 spiro atoms. The van der Waals surface area contributed by atoms with Crippen LogP contribution in [-0.4, -0.2) is 19.1 Å². The van der Waals surface area contributed by atoms with E-state index in [1.807, 2.05) is 5.70 Å². The number of hydrogen-bond donors (Lipinski definition) is 1. The van der Waals surface area contributed by atoms with Crippen LogP contribution < -0.4 is 15.6 Å². The van der Waals surface area contributed by atoms with Crippen LogP contribution in [0.25, 0.3) is 0 Å². The molecule has 0 saturated heterocycles. The Morgan fingerprint density at radius 3 is 1.21 bits per heavy atom. The van der Waals surface area contributed by atoms with E-state index in [4.69, 9.17) is 0 Å². The molecule has 0 radical (unpaired) electrons. The fourth-order valence-corrected chi connectivity index (χ4v) is 7.94. The lowest BCUT2D eigenvalue weighted by Gasteiger charge is -2.31. The molecule has 0 aliphatic heterocycles. The number of hydrogen-bond acceptors (Lipinski definition) is 1. The first-order valence-corrected chi connectivity index (χ1v) is 11.5. The third kappa shape index (κ3) is 3.85. The molecule has 3 heteroatoms. The maximum Gasteiger partial charge on any atom is 0.330 e. The number of rotatable bonds is 5. The fourth-order valence-electron chi connectivity index (χ4n) is 3.59. The van der Waals surface area contributed by atoms with Crippen LogP contribution in [0.15, 0.2) is 84.1 Å². The van der Waals surface area contributed by atoms with E-state index in [2.05, 4.69) is 93.6 Å². The van der Waals surface area contributed by atoms with Crippen LogP contribution in [0.1, 0.15) is 23.6 Å². The van der Waals surface area contributed by atoms with E-state index in [0.717, 1.165) is 0 Å². The van der Waals surface area contributed by atoms with Crippen molar-refractivity contribution in [3.05, 3.63) is 101 Å². The SMILES string of the molecule is CC(=C[Si](c1ccc(C)cc1)(c1ccc(C)cc1)c1ccc(C)cc1)C(=O)O. The van der Waals surface area contributed by atoms with Crippen LogP contribution in [0, 0.1) is 20.8 Å². The lowest BCUT2D eigenvalue weighted by atomic mass is 10.2. The fraction of sp³-hybridized carbons (Fsp3) is 0.160. The number of carboxylic acids is 1. The van der Waals surface area contributed by atoms with Gasteiger partial charge in [-0.3, -0.25) is 0 Å². The van der Waals surface area contributed by atoms with Crippen molar-refractivity contribution in [1.29, 1.82) is 0 Å². The molecule has 142 valence electrons. The zero-order valence-electron chi connectivity index (χ0n) is 16.9. The zero-order chi connectivity index (χ0) is 20.3. The largest absolute Gasteiger partial charge is 0.478 e. The summed E-state index contributed by atoms with van der Waals surface area (Å²) in [6.07, 6.45) is 0. The van der Waals surface area contributed by atoms with Crippen LogP contribution >= 0.6 is 0 Å². The Bertz CT molecular complexity index is 887. The number of aryl methyl sites for hydroxylation is 3. The molecule has 3 aromatic carbocycles. The van der Waals surface area contributed by atoms with Crippen molar-refractivity contribution in [2.24, 2.45) is 0 Å². The number of benzene rings is 3. The first kappa shape index (κ1) is 19.8. The van der Waals surface area contributed by atoms with Crippen molar-refractivity contribution in [2.45, 2.75) is 27.7 Å². The molecule has 0 aliphatic rings. The van der Waals surface area contributed by atoms with Gasteiger partial charge < -0.3 is 5.11 Å². The van der Waals surface area contributed by atoms with Gasteiger partial charge >= 0.3 is 5.97 Å². The summed E-state index contributed by atoms with van der Waals surface area (Å²) in [7, 11) is -2.66.